The molecule has 0 N–H and O–H groups in total. The van der Waals surface area contributed by atoms with E-state index in [1.54, 1.807) is 7.11 Å². The summed E-state index contributed by atoms with van der Waals surface area (Å²) in [6, 6.07) is 0. The number of ether oxygens (including phenoxy) is 5. The lowest BCUT2D eigenvalue weighted by Crippen LogP contribution is -2.65. The number of rotatable bonds is 1. The second-order valence-electron chi connectivity index (χ2n) is 10.6. The Morgan fingerprint density at radius 2 is 1.97 bits per heavy atom. The van der Waals surface area contributed by atoms with Gasteiger partial charge in [-0.2, -0.15) is 0 Å². The zero-order valence-corrected chi connectivity index (χ0v) is 18.2. The third kappa shape index (κ3) is 2.11. The Balaban J connectivity index is 1.41. The van der Waals surface area contributed by atoms with Crippen LogP contribution in [0.2, 0.25) is 0 Å². The van der Waals surface area contributed by atoms with Crippen LogP contribution in [0.5, 0.6) is 0 Å². The van der Waals surface area contributed by atoms with Crippen molar-refractivity contribution in [1.82, 2.24) is 0 Å². The summed E-state index contributed by atoms with van der Waals surface area (Å²) < 4.78 is 29.6. The SMILES string of the molecule is COC1=CC2=CCC3C(C(=O)CC4(C)C3CCC43OCOC34COCO4)C2(C)CC1. The molecule has 7 atom stereocenters. The molecule has 0 amide bonds. The molecule has 6 nitrogen and oxygen atoms in total. The van der Waals surface area contributed by atoms with Crippen molar-refractivity contribution in [3.05, 3.63) is 23.5 Å². The normalized spacial score (nSPS) is 52.1. The molecule has 2 aliphatic heterocycles. The molecule has 164 valence electrons. The maximum Gasteiger partial charge on any atom is 0.226 e. The van der Waals surface area contributed by atoms with Crippen LogP contribution in [-0.4, -0.2) is 44.5 Å². The summed E-state index contributed by atoms with van der Waals surface area (Å²) in [5.41, 5.74) is 0.277. The van der Waals surface area contributed by atoms with Crippen molar-refractivity contribution < 1.29 is 28.5 Å². The highest BCUT2D eigenvalue weighted by molar-refractivity contribution is 5.85. The minimum atomic E-state index is -0.871. The Labute approximate surface area is 177 Å². The van der Waals surface area contributed by atoms with Gasteiger partial charge in [-0.05, 0) is 49.2 Å². The van der Waals surface area contributed by atoms with Gasteiger partial charge < -0.3 is 23.7 Å². The Hall–Kier alpha value is -1.21. The highest BCUT2D eigenvalue weighted by Gasteiger charge is 2.76. The van der Waals surface area contributed by atoms with Crippen molar-refractivity contribution in [1.29, 1.82) is 0 Å². The molecule has 7 unspecified atom stereocenters. The van der Waals surface area contributed by atoms with Gasteiger partial charge >= 0.3 is 0 Å². The second-order valence-corrected chi connectivity index (χ2v) is 10.6. The minimum Gasteiger partial charge on any atom is -0.501 e. The largest absolute Gasteiger partial charge is 0.501 e. The Kier molecular flexibility index (Phi) is 4.01. The summed E-state index contributed by atoms with van der Waals surface area (Å²) in [5.74, 6) is 1.36. The zero-order valence-electron chi connectivity index (χ0n) is 18.2. The van der Waals surface area contributed by atoms with Crippen LogP contribution in [0.25, 0.3) is 0 Å². The van der Waals surface area contributed by atoms with Gasteiger partial charge in [-0.3, -0.25) is 4.79 Å². The first-order valence-corrected chi connectivity index (χ1v) is 11.4. The molecule has 2 saturated carbocycles. The lowest BCUT2D eigenvalue weighted by Gasteiger charge is -2.58. The number of methoxy groups -OCH3 is 1. The van der Waals surface area contributed by atoms with Gasteiger partial charge in [-0.15, -0.1) is 0 Å². The molecule has 4 aliphatic carbocycles. The monoisotopic (exact) mass is 416 g/mol. The molecule has 30 heavy (non-hydrogen) atoms. The molecule has 0 aromatic heterocycles. The predicted molar refractivity (Wildman–Crippen MR) is 107 cm³/mol. The van der Waals surface area contributed by atoms with E-state index >= 15 is 0 Å². The van der Waals surface area contributed by atoms with Crippen molar-refractivity contribution >= 4 is 5.78 Å². The number of Topliss-reactive ketones (excluding diaryl/α,β-unsaturated/α-hetero) is 1. The van der Waals surface area contributed by atoms with E-state index in [1.165, 1.54) is 5.57 Å². The molecule has 2 heterocycles. The maximum absolute atomic E-state index is 13.9. The topological polar surface area (TPSA) is 63.2 Å². The quantitative estimate of drug-likeness (QED) is 0.649. The lowest BCUT2D eigenvalue weighted by molar-refractivity contribution is -0.245. The fourth-order valence-corrected chi connectivity index (χ4v) is 8.27. The highest BCUT2D eigenvalue weighted by atomic mass is 16.9. The minimum absolute atomic E-state index is 0.0689. The van der Waals surface area contributed by atoms with Crippen molar-refractivity contribution in [2.24, 2.45) is 28.6 Å². The summed E-state index contributed by atoms with van der Waals surface area (Å²) in [6.45, 7) is 5.37. The van der Waals surface area contributed by atoms with Crippen LogP contribution >= 0.6 is 0 Å². The van der Waals surface area contributed by atoms with Gasteiger partial charge in [-0.25, -0.2) is 0 Å². The lowest BCUT2D eigenvalue weighted by atomic mass is 9.46. The zero-order chi connectivity index (χ0) is 20.8. The van der Waals surface area contributed by atoms with E-state index in [1.807, 2.05) is 0 Å². The number of allylic oxidation sites excluding steroid dienone is 4. The summed E-state index contributed by atoms with van der Waals surface area (Å²) in [4.78, 5) is 13.9. The van der Waals surface area contributed by atoms with E-state index in [2.05, 4.69) is 26.0 Å². The van der Waals surface area contributed by atoms with E-state index in [0.717, 1.165) is 37.9 Å². The van der Waals surface area contributed by atoms with Gasteiger partial charge in [0.2, 0.25) is 5.79 Å². The second kappa shape index (κ2) is 6.18. The number of fused-ring (bicyclic) bond motifs is 7. The van der Waals surface area contributed by atoms with Crippen molar-refractivity contribution in [2.75, 3.05) is 27.3 Å². The first-order chi connectivity index (χ1) is 14.4. The van der Waals surface area contributed by atoms with Crippen molar-refractivity contribution in [3.8, 4) is 0 Å². The molecule has 0 bridgehead atoms. The van der Waals surface area contributed by atoms with Crippen molar-refractivity contribution in [3.63, 3.8) is 0 Å². The Morgan fingerprint density at radius 3 is 2.73 bits per heavy atom. The van der Waals surface area contributed by atoms with Crippen LogP contribution in [0.1, 0.15) is 52.4 Å². The molecule has 4 fully saturated rings. The molecule has 0 aromatic rings. The van der Waals surface area contributed by atoms with E-state index < -0.39 is 11.4 Å². The summed E-state index contributed by atoms with van der Waals surface area (Å²) in [7, 11) is 1.74. The number of hydrogen-bond acceptors (Lipinski definition) is 6. The maximum atomic E-state index is 13.9. The fourth-order valence-electron chi connectivity index (χ4n) is 8.27. The Morgan fingerprint density at radius 1 is 1.13 bits per heavy atom. The molecular formula is C24H32O6. The number of carbonyl (C=O) groups is 1. The van der Waals surface area contributed by atoms with Crippen LogP contribution in [0.3, 0.4) is 0 Å². The van der Waals surface area contributed by atoms with Crippen molar-refractivity contribution in [2.45, 2.75) is 63.8 Å². The van der Waals surface area contributed by atoms with Crippen LogP contribution in [0.4, 0.5) is 0 Å². The van der Waals surface area contributed by atoms with Gasteiger partial charge in [0.25, 0.3) is 0 Å². The van der Waals surface area contributed by atoms with Gasteiger partial charge in [-0.1, -0.05) is 19.9 Å². The third-order valence-electron chi connectivity index (χ3n) is 9.69. The van der Waals surface area contributed by atoms with Gasteiger partial charge in [0.1, 0.15) is 18.0 Å². The highest BCUT2D eigenvalue weighted by Crippen LogP contribution is 2.70. The van der Waals surface area contributed by atoms with Crippen LogP contribution in [0.15, 0.2) is 23.5 Å². The molecule has 6 aliphatic rings. The van der Waals surface area contributed by atoms with E-state index in [-0.39, 0.29) is 30.3 Å². The predicted octanol–water partition coefficient (Wildman–Crippen LogP) is 3.71. The first kappa shape index (κ1) is 19.5. The van der Waals surface area contributed by atoms with E-state index in [4.69, 9.17) is 23.7 Å². The van der Waals surface area contributed by atoms with Gasteiger partial charge in [0.15, 0.2) is 13.6 Å². The van der Waals surface area contributed by atoms with E-state index in [0.29, 0.717) is 30.6 Å². The number of carbonyl (C=O) groups excluding carboxylic acids is 1. The summed E-state index contributed by atoms with van der Waals surface area (Å²) in [5, 5.41) is 0. The summed E-state index contributed by atoms with van der Waals surface area (Å²) in [6.07, 6.45) is 9.79. The van der Waals surface area contributed by atoms with E-state index in [9.17, 15) is 4.79 Å². The fraction of sp³-hybridized carbons (Fsp3) is 0.792. The molecule has 0 aromatic carbocycles. The van der Waals surface area contributed by atoms with Crippen LogP contribution < -0.4 is 0 Å². The Bertz CT molecular complexity index is 835. The summed E-state index contributed by atoms with van der Waals surface area (Å²) >= 11 is 0. The molecule has 6 heteroatoms. The molecule has 6 rings (SSSR count). The third-order valence-corrected chi connectivity index (χ3v) is 9.69. The molecular weight excluding hydrogens is 384 g/mol. The number of hydrogen-bond donors (Lipinski definition) is 0. The van der Waals surface area contributed by atoms with Gasteiger partial charge in [0.05, 0.1) is 12.9 Å². The average molecular weight is 417 g/mol. The number of ketones is 1. The smallest absolute Gasteiger partial charge is 0.226 e. The molecule has 2 saturated heterocycles. The first-order valence-electron chi connectivity index (χ1n) is 11.4. The molecule has 2 spiro atoms. The van der Waals surface area contributed by atoms with Crippen LogP contribution in [-0.2, 0) is 28.5 Å². The average Bonchev–Trinajstić information content (AvgIpc) is 3.42. The standard InChI is InChI=1S/C24H32O6/c1-21-8-6-16(26-3)10-15(21)4-5-17-18-7-9-23(22(18,2)11-19(25)20(17)21)24(30-14-28-23)12-27-13-29-24/h4,10,17-18,20H,5-9,11-14H2,1-3H3. The van der Waals surface area contributed by atoms with Crippen LogP contribution in [0, 0.1) is 28.6 Å². The molecule has 0 radical (unpaired) electrons. The van der Waals surface area contributed by atoms with Gasteiger partial charge in [0, 0.05) is 29.6 Å².